The van der Waals surface area contributed by atoms with E-state index in [1.54, 1.807) is 6.07 Å². The summed E-state index contributed by atoms with van der Waals surface area (Å²) < 4.78 is 4.61. The Balaban J connectivity index is 0.000000194. The number of fused-ring (bicyclic) bond motifs is 1. The number of carbonyl (C=O) groups excluding carboxylic acids is 1. The van der Waals surface area contributed by atoms with Crippen molar-refractivity contribution in [2.75, 3.05) is 7.11 Å². The number of esters is 1. The molecule has 3 rings (SSSR count). The number of hydrogen-bond donors (Lipinski definition) is 1. The van der Waals surface area contributed by atoms with Crippen LogP contribution in [0.1, 0.15) is 21.7 Å². The minimum Gasteiger partial charge on any atom is -0.465 e. The topological polar surface area (TPSA) is 55.0 Å². The summed E-state index contributed by atoms with van der Waals surface area (Å²) in [6, 6.07) is 13.5. The lowest BCUT2D eigenvalue weighted by Crippen LogP contribution is -2.01. The number of benzene rings is 1. The molecule has 0 spiro atoms. The quantitative estimate of drug-likeness (QED) is 0.693. The Morgan fingerprint density at radius 3 is 2.33 bits per heavy atom. The molecule has 0 aliphatic carbocycles. The van der Waals surface area contributed by atoms with Gasteiger partial charge in [0.15, 0.2) is 0 Å². The van der Waals surface area contributed by atoms with Crippen LogP contribution in [0, 0.1) is 13.8 Å². The molecule has 4 heteroatoms. The summed E-state index contributed by atoms with van der Waals surface area (Å²) in [6.45, 7) is 4.10. The molecule has 0 bridgehead atoms. The van der Waals surface area contributed by atoms with Crippen LogP contribution >= 0.6 is 0 Å². The standard InChI is InChI=1S/C11H9NO2.C6H9N/c1-14-11(13)9-6-8-4-2-3-5-10(8)12-7-9;1-5-3-4-6(2)7-5/h2-7H,1H3;3-4,7H,1-2H3. The first-order chi connectivity index (χ1) is 10.1. The highest BCUT2D eigenvalue weighted by Gasteiger charge is 2.05. The van der Waals surface area contributed by atoms with Gasteiger partial charge in [-0.25, -0.2) is 4.79 Å². The van der Waals surface area contributed by atoms with Crippen LogP contribution in [0.15, 0.2) is 48.7 Å². The van der Waals surface area contributed by atoms with Crippen LogP contribution in [0.25, 0.3) is 10.9 Å². The number of pyridine rings is 1. The minimum atomic E-state index is -0.358. The molecular weight excluding hydrogens is 264 g/mol. The van der Waals surface area contributed by atoms with Gasteiger partial charge >= 0.3 is 5.97 Å². The van der Waals surface area contributed by atoms with Crippen molar-refractivity contribution in [1.29, 1.82) is 0 Å². The summed E-state index contributed by atoms with van der Waals surface area (Å²) in [5.74, 6) is -0.358. The van der Waals surface area contributed by atoms with Crippen molar-refractivity contribution in [3.05, 3.63) is 65.6 Å². The van der Waals surface area contributed by atoms with Crippen molar-refractivity contribution in [2.24, 2.45) is 0 Å². The number of nitrogens with zero attached hydrogens (tertiary/aromatic N) is 1. The van der Waals surface area contributed by atoms with E-state index in [1.165, 1.54) is 24.7 Å². The second-order valence-electron chi connectivity index (χ2n) is 4.73. The van der Waals surface area contributed by atoms with Crippen molar-refractivity contribution in [3.8, 4) is 0 Å². The Hall–Kier alpha value is -2.62. The summed E-state index contributed by atoms with van der Waals surface area (Å²) in [4.78, 5) is 18.5. The van der Waals surface area contributed by atoms with E-state index in [0.29, 0.717) is 5.56 Å². The molecule has 0 unspecified atom stereocenters. The van der Waals surface area contributed by atoms with Gasteiger partial charge < -0.3 is 9.72 Å². The van der Waals surface area contributed by atoms with E-state index >= 15 is 0 Å². The third-order valence-electron chi connectivity index (χ3n) is 2.99. The number of ether oxygens (including phenoxy) is 1. The molecule has 0 atom stereocenters. The van der Waals surface area contributed by atoms with Crippen molar-refractivity contribution >= 4 is 16.9 Å². The zero-order valence-corrected chi connectivity index (χ0v) is 12.4. The molecule has 0 aliphatic heterocycles. The molecule has 108 valence electrons. The van der Waals surface area contributed by atoms with Crippen LogP contribution in [-0.2, 0) is 4.74 Å². The predicted molar refractivity (Wildman–Crippen MR) is 83.3 cm³/mol. The third kappa shape index (κ3) is 3.92. The van der Waals surface area contributed by atoms with Gasteiger partial charge in [-0.1, -0.05) is 18.2 Å². The Morgan fingerprint density at radius 1 is 1.10 bits per heavy atom. The maximum Gasteiger partial charge on any atom is 0.339 e. The number of aromatic nitrogens is 2. The molecule has 4 nitrogen and oxygen atoms in total. The number of para-hydroxylation sites is 1. The Morgan fingerprint density at radius 2 is 1.76 bits per heavy atom. The van der Waals surface area contributed by atoms with Gasteiger partial charge in [0, 0.05) is 23.0 Å². The van der Waals surface area contributed by atoms with Gasteiger partial charge in [0.05, 0.1) is 18.2 Å². The highest BCUT2D eigenvalue weighted by molar-refractivity contribution is 5.93. The largest absolute Gasteiger partial charge is 0.465 e. The molecule has 21 heavy (non-hydrogen) atoms. The smallest absolute Gasteiger partial charge is 0.339 e. The third-order valence-corrected chi connectivity index (χ3v) is 2.99. The van der Waals surface area contributed by atoms with Crippen molar-refractivity contribution < 1.29 is 9.53 Å². The molecule has 1 aromatic carbocycles. The Labute approximate surface area is 123 Å². The second-order valence-corrected chi connectivity index (χ2v) is 4.73. The summed E-state index contributed by atoms with van der Waals surface area (Å²) in [6.07, 6.45) is 1.52. The van der Waals surface area contributed by atoms with Crippen molar-refractivity contribution in [1.82, 2.24) is 9.97 Å². The van der Waals surface area contributed by atoms with Gasteiger partial charge in [0.25, 0.3) is 0 Å². The molecule has 0 amide bonds. The highest BCUT2D eigenvalue weighted by Crippen LogP contribution is 2.12. The highest BCUT2D eigenvalue weighted by atomic mass is 16.5. The zero-order valence-electron chi connectivity index (χ0n) is 12.4. The number of nitrogens with one attached hydrogen (secondary N) is 1. The van der Waals surface area contributed by atoms with Crippen molar-refractivity contribution in [3.63, 3.8) is 0 Å². The fraction of sp³-hybridized carbons (Fsp3) is 0.176. The van der Waals surface area contributed by atoms with Crippen molar-refractivity contribution in [2.45, 2.75) is 13.8 Å². The number of hydrogen-bond acceptors (Lipinski definition) is 3. The zero-order chi connectivity index (χ0) is 15.2. The lowest BCUT2D eigenvalue weighted by Gasteiger charge is -2.00. The van der Waals surface area contributed by atoms with Gasteiger partial charge in [0.2, 0.25) is 0 Å². The van der Waals surface area contributed by atoms with E-state index in [-0.39, 0.29) is 5.97 Å². The van der Waals surface area contributed by atoms with Crippen LogP contribution in [0.3, 0.4) is 0 Å². The van der Waals surface area contributed by atoms with Gasteiger partial charge in [0.1, 0.15) is 0 Å². The predicted octanol–water partition coefficient (Wildman–Crippen LogP) is 3.65. The molecular formula is C17H18N2O2. The molecule has 3 aromatic rings. The minimum absolute atomic E-state index is 0.358. The summed E-state index contributed by atoms with van der Waals surface area (Å²) in [5.41, 5.74) is 3.82. The SMILES string of the molecule is COC(=O)c1cnc2ccccc2c1.Cc1ccc(C)[nH]1. The number of H-pyrrole nitrogens is 1. The lowest BCUT2D eigenvalue weighted by molar-refractivity contribution is 0.0600. The Kier molecular flexibility index (Phi) is 4.72. The van der Waals surface area contributed by atoms with E-state index in [1.807, 2.05) is 38.1 Å². The second kappa shape index (κ2) is 6.70. The van der Waals surface area contributed by atoms with Gasteiger partial charge in [-0.2, -0.15) is 0 Å². The van der Waals surface area contributed by atoms with Gasteiger partial charge in [-0.3, -0.25) is 4.98 Å². The van der Waals surface area contributed by atoms with E-state index in [9.17, 15) is 4.79 Å². The number of rotatable bonds is 1. The maximum atomic E-state index is 11.2. The van der Waals surface area contributed by atoms with Crippen LogP contribution in [-0.4, -0.2) is 23.0 Å². The fourth-order valence-corrected chi connectivity index (χ4v) is 1.94. The number of aryl methyl sites for hydroxylation is 2. The average molecular weight is 282 g/mol. The molecule has 0 saturated carbocycles. The average Bonchev–Trinajstić information content (AvgIpc) is 2.90. The maximum absolute atomic E-state index is 11.2. The van der Waals surface area contributed by atoms with E-state index in [4.69, 9.17) is 0 Å². The number of carbonyl (C=O) groups is 1. The van der Waals surface area contributed by atoms with E-state index in [2.05, 4.69) is 26.8 Å². The van der Waals surface area contributed by atoms with E-state index < -0.39 is 0 Å². The normalized spacial score (nSPS) is 9.86. The first kappa shape index (κ1) is 14.8. The van der Waals surface area contributed by atoms with Crippen LogP contribution in [0.4, 0.5) is 0 Å². The molecule has 2 aromatic heterocycles. The fourth-order valence-electron chi connectivity index (χ4n) is 1.94. The van der Waals surface area contributed by atoms with Gasteiger partial charge in [-0.15, -0.1) is 0 Å². The Bertz CT molecular complexity index is 731. The summed E-state index contributed by atoms with van der Waals surface area (Å²) in [5, 5.41) is 0.940. The molecule has 0 fully saturated rings. The van der Waals surface area contributed by atoms with Crippen LogP contribution in [0.5, 0.6) is 0 Å². The molecule has 0 radical (unpaired) electrons. The monoisotopic (exact) mass is 282 g/mol. The van der Waals surface area contributed by atoms with E-state index in [0.717, 1.165) is 10.9 Å². The summed E-state index contributed by atoms with van der Waals surface area (Å²) >= 11 is 0. The van der Waals surface area contributed by atoms with Crippen LogP contribution in [0.2, 0.25) is 0 Å². The first-order valence-electron chi connectivity index (χ1n) is 6.65. The van der Waals surface area contributed by atoms with Crippen LogP contribution < -0.4 is 0 Å². The van der Waals surface area contributed by atoms with Gasteiger partial charge in [-0.05, 0) is 38.1 Å². The lowest BCUT2D eigenvalue weighted by atomic mass is 10.2. The number of aromatic amines is 1. The molecule has 2 heterocycles. The first-order valence-corrected chi connectivity index (χ1v) is 6.65. The molecule has 0 aliphatic rings. The molecule has 1 N–H and O–H groups in total. The number of methoxy groups -OCH3 is 1. The molecule has 0 saturated heterocycles. The summed E-state index contributed by atoms with van der Waals surface area (Å²) in [7, 11) is 1.36.